The molecule has 0 fully saturated rings. The van der Waals surface area contributed by atoms with Crippen LogP contribution in [0.1, 0.15) is 13.8 Å². The van der Waals surface area contributed by atoms with Crippen molar-refractivity contribution in [2.75, 3.05) is 35.4 Å². The molecule has 0 radical (unpaired) electrons. The Hall–Kier alpha value is -1.50. The van der Waals surface area contributed by atoms with E-state index in [0.29, 0.717) is 6.10 Å². The van der Waals surface area contributed by atoms with Gasteiger partial charge < -0.3 is 25.4 Å². The van der Waals surface area contributed by atoms with Gasteiger partial charge in [0.25, 0.3) is 0 Å². The third-order valence-corrected chi connectivity index (χ3v) is 1.32. The standard InChI is InChI=1S/C4H10O.C3H8N2O.C3H7NO2/c1-4(2)5-3;1-4-3(6)5-2;1-4-3(5)6-2/h4H,1-3H3;1-2H3,(H2,4,5,6);1-2H3,(H,4,5). The zero-order chi connectivity index (χ0) is 14.3. The number of hydrogen-bond acceptors (Lipinski definition) is 4. The van der Waals surface area contributed by atoms with E-state index in [1.807, 2.05) is 13.8 Å². The van der Waals surface area contributed by atoms with Crippen LogP contribution in [0.2, 0.25) is 0 Å². The molecule has 0 aromatic carbocycles. The van der Waals surface area contributed by atoms with Crippen LogP contribution in [0.4, 0.5) is 9.59 Å². The topological polar surface area (TPSA) is 88.7 Å². The molecule has 0 saturated carbocycles. The minimum atomic E-state index is -0.407. The van der Waals surface area contributed by atoms with E-state index in [0.717, 1.165) is 0 Å². The van der Waals surface area contributed by atoms with Crippen molar-refractivity contribution < 1.29 is 19.1 Å². The van der Waals surface area contributed by atoms with Gasteiger partial charge in [-0.15, -0.1) is 0 Å². The molecule has 3 amide bonds. The molecule has 3 N–H and O–H groups in total. The van der Waals surface area contributed by atoms with E-state index in [4.69, 9.17) is 4.74 Å². The van der Waals surface area contributed by atoms with Crippen LogP contribution in [0, 0.1) is 0 Å². The number of alkyl carbamates (subject to hydrolysis) is 1. The number of amides is 3. The third-order valence-electron chi connectivity index (χ3n) is 1.32. The molecule has 0 saturated heterocycles. The first kappa shape index (κ1) is 20.9. The van der Waals surface area contributed by atoms with Gasteiger partial charge in [-0.2, -0.15) is 0 Å². The van der Waals surface area contributed by atoms with Gasteiger partial charge in [-0.25, -0.2) is 9.59 Å². The molecule has 0 rings (SSSR count). The highest BCUT2D eigenvalue weighted by molar-refractivity contribution is 5.72. The van der Waals surface area contributed by atoms with Crippen LogP contribution in [0.15, 0.2) is 0 Å². The van der Waals surface area contributed by atoms with Gasteiger partial charge in [0, 0.05) is 28.3 Å². The molecule has 7 heteroatoms. The summed E-state index contributed by atoms with van der Waals surface area (Å²) in [6.45, 7) is 4.00. The SMILES string of the molecule is CNC(=O)NC.CNC(=O)OC.COC(C)C. The molecule has 0 aromatic heterocycles. The van der Waals surface area contributed by atoms with Gasteiger partial charge in [-0.05, 0) is 13.8 Å². The quantitative estimate of drug-likeness (QED) is 0.635. The van der Waals surface area contributed by atoms with Crippen LogP contribution >= 0.6 is 0 Å². The number of nitrogens with one attached hydrogen (secondary N) is 3. The van der Waals surface area contributed by atoms with Crippen LogP contribution in [0.5, 0.6) is 0 Å². The van der Waals surface area contributed by atoms with Crippen LogP contribution < -0.4 is 16.0 Å². The van der Waals surface area contributed by atoms with Gasteiger partial charge in [0.1, 0.15) is 0 Å². The Balaban J connectivity index is -0.000000174. The molecule has 17 heavy (non-hydrogen) atoms. The fourth-order valence-electron chi connectivity index (χ4n) is 0.227. The van der Waals surface area contributed by atoms with Gasteiger partial charge in [0.2, 0.25) is 0 Å². The highest BCUT2D eigenvalue weighted by atomic mass is 16.5. The maximum atomic E-state index is 9.96. The minimum absolute atomic E-state index is 0.157. The van der Waals surface area contributed by atoms with Crippen LogP contribution in [-0.4, -0.2) is 53.6 Å². The van der Waals surface area contributed by atoms with E-state index >= 15 is 0 Å². The summed E-state index contributed by atoms with van der Waals surface area (Å²) < 4.78 is 8.90. The highest BCUT2D eigenvalue weighted by Crippen LogP contribution is 1.77. The summed E-state index contributed by atoms with van der Waals surface area (Å²) in [5.74, 6) is 0. The fourth-order valence-corrected chi connectivity index (χ4v) is 0.227. The summed E-state index contributed by atoms with van der Waals surface area (Å²) >= 11 is 0. The number of rotatable bonds is 1. The third kappa shape index (κ3) is 31.4. The number of urea groups is 1. The molecule has 0 bridgehead atoms. The Bertz CT molecular complexity index is 158. The zero-order valence-corrected chi connectivity index (χ0v) is 11.7. The highest BCUT2D eigenvalue weighted by Gasteiger charge is 1.85. The van der Waals surface area contributed by atoms with Gasteiger partial charge >= 0.3 is 12.1 Å². The maximum absolute atomic E-state index is 9.96. The molecule has 0 aromatic rings. The van der Waals surface area contributed by atoms with Gasteiger partial charge in [-0.1, -0.05) is 0 Å². The van der Waals surface area contributed by atoms with Gasteiger partial charge in [0.05, 0.1) is 13.2 Å². The summed E-state index contributed by atoms with van der Waals surface area (Å²) in [7, 11) is 7.66. The van der Waals surface area contributed by atoms with Crippen molar-refractivity contribution in [3.63, 3.8) is 0 Å². The molecule has 0 aliphatic heterocycles. The lowest BCUT2D eigenvalue weighted by Gasteiger charge is -1.94. The molecule has 0 spiro atoms. The smallest absolute Gasteiger partial charge is 0.406 e. The Labute approximate surface area is 103 Å². The summed E-state index contributed by atoms with van der Waals surface area (Å²) in [4.78, 5) is 19.8. The fraction of sp³-hybridized carbons (Fsp3) is 0.800. The molecule has 0 heterocycles. The van der Waals surface area contributed by atoms with E-state index in [2.05, 4.69) is 20.7 Å². The van der Waals surface area contributed by atoms with E-state index in [9.17, 15) is 9.59 Å². The largest absolute Gasteiger partial charge is 0.453 e. The second-order valence-electron chi connectivity index (χ2n) is 2.86. The van der Waals surface area contributed by atoms with Gasteiger partial charge in [-0.3, -0.25) is 0 Å². The van der Waals surface area contributed by atoms with Gasteiger partial charge in [0.15, 0.2) is 0 Å². The van der Waals surface area contributed by atoms with Crippen molar-refractivity contribution in [1.82, 2.24) is 16.0 Å². The molecule has 0 aliphatic carbocycles. The first-order valence-corrected chi connectivity index (χ1v) is 5.07. The van der Waals surface area contributed by atoms with Crippen LogP contribution in [0.3, 0.4) is 0 Å². The summed E-state index contributed by atoms with van der Waals surface area (Å²) in [5.41, 5.74) is 0. The predicted molar refractivity (Wildman–Crippen MR) is 67.1 cm³/mol. The van der Waals surface area contributed by atoms with Crippen molar-refractivity contribution >= 4 is 12.1 Å². The molecular weight excluding hydrogens is 226 g/mol. The molecule has 0 aliphatic rings. The number of methoxy groups -OCH3 is 2. The first-order valence-electron chi connectivity index (χ1n) is 5.07. The lowest BCUT2D eigenvalue weighted by atomic mass is 10.5. The Morgan fingerprint density at radius 2 is 1.29 bits per heavy atom. The van der Waals surface area contributed by atoms with Crippen molar-refractivity contribution in [2.45, 2.75) is 20.0 Å². The van der Waals surface area contributed by atoms with Crippen molar-refractivity contribution in [3.8, 4) is 0 Å². The summed E-state index contributed by atoms with van der Waals surface area (Å²) in [6, 6.07) is -0.157. The second-order valence-corrected chi connectivity index (χ2v) is 2.86. The second kappa shape index (κ2) is 16.9. The number of carbonyl (C=O) groups excluding carboxylic acids is 2. The lowest BCUT2D eigenvalue weighted by Crippen LogP contribution is -2.28. The van der Waals surface area contributed by atoms with Crippen molar-refractivity contribution in [3.05, 3.63) is 0 Å². The van der Waals surface area contributed by atoms with Crippen molar-refractivity contribution in [2.24, 2.45) is 0 Å². The predicted octanol–water partition coefficient (Wildman–Crippen LogP) is 0.559. The maximum Gasteiger partial charge on any atom is 0.406 e. The normalized spacial score (nSPS) is 7.76. The van der Waals surface area contributed by atoms with E-state index in [1.165, 1.54) is 14.2 Å². The molecular formula is C10H25N3O4. The molecule has 0 atom stereocenters. The number of carbonyl (C=O) groups is 2. The van der Waals surface area contributed by atoms with Crippen LogP contribution in [-0.2, 0) is 9.47 Å². The Morgan fingerprint density at radius 1 is 0.941 bits per heavy atom. The monoisotopic (exact) mass is 251 g/mol. The average molecular weight is 251 g/mol. The van der Waals surface area contributed by atoms with Crippen LogP contribution in [0.25, 0.3) is 0 Å². The minimum Gasteiger partial charge on any atom is -0.453 e. The average Bonchev–Trinajstić information content (AvgIpc) is 2.37. The van der Waals surface area contributed by atoms with E-state index in [1.54, 1.807) is 21.2 Å². The summed E-state index contributed by atoms with van der Waals surface area (Å²) in [6.07, 6.45) is -0.0231. The first-order chi connectivity index (χ1) is 7.89. The number of ether oxygens (including phenoxy) is 2. The van der Waals surface area contributed by atoms with Crippen molar-refractivity contribution in [1.29, 1.82) is 0 Å². The zero-order valence-electron chi connectivity index (χ0n) is 11.7. The molecule has 0 unspecified atom stereocenters. The Kier molecular flexibility index (Phi) is 20.7. The van der Waals surface area contributed by atoms with E-state index in [-0.39, 0.29) is 6.03 Å². The van der Waals surface area contributed by atoms with E-state index < -0.39 is 6.09 Å². The lowest BCUT2D eigenvalue weighted by molar-refractivity contribution is 0.134. The Morgan fingerprint density at radius 3 is 1.29 bits per heavy atom. The number of hydrogen-bond donors (Lipinski definition) is 3. The summed E-state index contributed by atoms with van der Waals surface area (Å²) in [5, 5.41) is 6.98. The molecule has 104 valence electrons. The molecule has 7 nitrogen and oxygen atoms in total.